The molecule has 2 aromatic heterocycles. The summed E-state index contributed by atoms with van der Waals surface area (Å²) in [7, 11) is 0. The first-order chi connectivity index (χ1) is 8.13. The Balaban J connectivity index is 2.53. The van der Waals surface area contributed by atoms with E-state index in [1.165, 1.54) is 11.3 Å². The van der Waals surface area contributed by atoms with Gasteiger partial charge in [-0.05, 0) is 45.9 Å². The monoisotopic (exact) mass is 343 g/mol. The summed E-state index contributed by atoms with van der Waals surface area (Å²) in [4.78, 5) is 1.82. The molecule has 17 heavy (non-hydrogen) atoms. The molecule has 0 N–H and O–H groups in total. The Bertz CT molecular complexity index is 585. The number of hydrogen-bond acceptors (Lipinski definition) is 3. The summed E-state index contributed by atoms with van der Waals surface area (Å²) in [6.45, 7) is 2.01. The normalized spacial score (nSPS) is 12.1. The number of rotatable bonds is 2. The van der Waals surface area contributed by atoms with Crippen LogP contribution in [0.25, 0.3) is 10.6 Å². The maximum Gasteiger partial charge on any atom is 0.102 e. The van der Waals surface area contributed by atoms with Crippen LogP contribution in [-0.2, 0) is 0 Å². The molecule has 0 spiro atoms. The van der Waals surface area contributed by atoms with Crippen molar-refractivity contribution in [1.82, 2.24) is 0 Å². The quantitative estimate of drug-likeness (QED) is 0.659. The van der Waals surface area contributed by atoms with E-state index in [1.54, 1.807) is 11.3 Å². The number of allylic oxidation sites excluding steroid dienone is 1. The molecule has 0 radical (unpaired) electrons. The maximum absolute atomic E-state index is 9.21. The third-order valence-corrected chi connectivity index (χ3v) is 5.72. The summed E-state index contributed by atoms with van der Waals surface area (Å²) in [6, 6.07) is 7.99. The van der Waals surface area contributed by atoms with E-state index in [2.05, 4.69) is 22.0 Å². The van der Waals surface area contributed by atoms with E-state index in [-0.39, 0.29) is 0 Å². The number of nitrogens with zero attached hydrogens (tertiary/aromatic N) is 1. The Morgan fingerprint density at radius 2 is 2.24 bits per heavy atom. The highest BCUT2D eigenvalue weighted by molar-refractivity contribution is 9.11. The molecule has 2 heterocycles. The highest BCUT2D eigenvalue weighted by Crippen LogP contribution is 2.38. The van der Waals surface area contributed by atoms with Gasteiger partial charge >= 0.3 is 0 Å². The van der Waals surface area contributed by atoms with Gasteiger partial charge in [-0.15, -0.1) is 22.7 Å². The number of thiophene rings is 2. The van der Waals surface area contributed by atoms with Crippen molar-refractivity contribution < 1.29 is 0 Å². The molecular formula is C12H7BrClNS2. The highest BCUT2D eigenvalue weighted by Gasteiger charge is 2.13. The molecule has 5 heteroatoms. The van der Waals surface area contributed by atoms with Crippen LogP contribution in [0.2, 0.25) is 0 Å². The van der Waals surface area contributed by atoms with Gasteiger partial charge in [-0.25, -0.2) is 0 Å². The van der Waals surface area contributed by atoms with Crippen LogP contribution in [0.15, 0.2) is 27.4 Å². The smallest absolute Gasteiger partial charge is 0.102 e. The van der Waals surface area contributed by atoms with Crippen LogP contribution < -0.4 is 0 Å². The molecule has 0 amide bonds. The van der Waals surface area contributed by atoms with Crippen LogP contribution in [0, 0.1) is 18.3 Å². The number of halogens is 2. The van der Waals surface area contributed by atoms with E-state index in [9.17, 15) is 5.26 Å². The lowest BCUT2D eigenvalue weighted by molar-refractivity contribution is 1.52. The number of aryl methyl sites for hydroxylation is 1. The molecule has 0 bridgehead atoms. The summed E-state index contributed by atoms with van der Waals surface area (Å²) in [5.41, 5.74) is 1.67. The standard InChI is InChI=1S/C12H7BrClNS2/c1-7-5-10(17-12(7)13)11(14)8(6-15)9-3-2-4-16-9/h2-5H,1H3. The summed E-state index contributed by atoms with van der Waals surface area (Å²) < 4.78 is 1.05. The fourth-order valence-electron chi connectivity index (χ4n) is 1.32. The minimum absolute atomic E-state index is 0.522. The molecule has 0 unspecified atom stereocenters. The van der Waals surface area contributed by atoms with Gasteiger partial charge in [-0.1, -0.05) is 17.7 Å². The van der Waals surface area contributed by atoms with Crippen molar-refractivity contribution in [3.63, 3.8) is 0 Å². The fourth-order valence-corrected chi connectivity index (χ4v) is 3.90. The second-order valence-corrected chi connectivity index (χ2v) is 7.04. The summed E-state index contributed by atoms with van der Waals surface area (Å²) in [5.74, 6) is 0. The molecule has 0 saturated heterocycles. The van der Waals surface area contributed by atoms with E-state index in [4.69, 9.17) is 11.6 Å². The number of nitriles is 1. The van der Waals surface area contributed by atoms with E-state index in [0.29, 0.717) is 10.6 Å². The van der Waals surface area contributed by atoms with Gasteiger partial charge in [0, 0.05) is 9.75 Å². The topological polar surface area (TPSA) is 23.8 Å². The van der Waals surface area contributed by atoms with Crippen molar-refractivity contribution in [2.24, 2.45) is 0 Å². The van der Waals surface area contributed by atoms with E-state index in [1.807, 2.05) is 30.5 Å². The van der Waals surface area contributed by atoms with Gasteiger partial charge in [0.1, 0.15) is 6.07 Å². The van der Waals surface area contributed by atoms with Crippen LogP contribution in [0.5, 0.6) is 0 Å². The van der Waals surface area contributed by atoms with Gasteiger partial charge in [0.2, 0.25) is 0 Å². The summed E-state index contributed by atoms with van der Waals surface area (Å²) >= 11 is 12.8. The third kappa shape index (κ3) is 2.63. The van der Waals surface area contributed by atoms with Crippen LogP contribution >= 0.6 is 50.2 Å². The minimum atomic E-state index is 0.522. The van der Waals surface area contributed by atoms with E-state index in [0.717, 1.165) is 19.1 Å². The van der Waals surface area contributed by atoms with Crippen molar-refractivity contribution >= 4 is 60.8 Å². The Morgan fingerprint density at radius 3 is 2.71 bits per heavy atom. The molecule has 2 aromatic rings. The van der Waals surface area contributed by atoms with Gasteiger partial charge in [0.05, 0.1) is 14.4 Å². The molecule has 0 aliphatic rings. The predicted octanol–water partition coefficient (Wildman–Crippen LogP) is 5.51. The Kier molecular flexibility index (Phi) is 4.05. The second kappa shape index (κ2) is 5.36. The van der Waals surface area contributed by atoms with E-state index >= 15 is 0 Å². The molecule has 0 aliphatic heterocycles. The Hall–Kier alpha value is -0.600. The maximum atomic E-state index is 9.21. The second-order valence-electron chi connectivity index (χ2n) is 3.35. The fraction of sp³-hybridized carbons (Fsp3) is 0.0833. The van der Waals surface area contributed by atoms with Gasteiger partial charge in [-0.2, -0.15) is 5.26 Å². The molecule has 0 aliphatic carbocycles. The van der Waals surface area contributed by atoms with Crippen LogP contribution in [0.4, 0.5) is 0 Å². The largest absolute Gasteiger partial charge is 0.192 e. The van der Waals surface area contributed by atoms with Crippen molar-refractivity contribution in [2.75, 3.05) is 0 Å². The molecule has 0 aromatic carbocycles. The first-order valence-electron chi connectivity index (χ1n) is 4.73. The molecule has 0 atom stereocenters. The van der Waals surface area contributed by atoms with Crippen molar-refractivity contribution in [3.05, 3.63) is 42.7 Å². The first-order valence-corrected chi connectivity index (χ1v) is 7.60. The van der Waals surface area contributed by atoms with Crippen LogP contribution in [0.3, 0.4) is 0 Å². The lowest BCUT2D eigenvalue weighted by Gasteiger charge is -1.98. The average Bonchev–Trinajstić information content (AvgIpc) is 2.91. The zero-order chi connectivity index (χ0) is 12.4. The van der Waals surface area contributed by atoms with Gasteiger partial charge in [0.15, 0.2) is 0 Å². The molecule has 0 saturated carbocycles. The summed E-state index contributed by atoms with van der Waals surface area (Å²) in [6.07, 6.45) is 0. The van der Waals surface area contributed by atoms with Crippen LogP contribution in [0.1, 0.15) is 15.3 Å². The van der Waals surface area contributed by atoms with E-state index < -0.39 is 0 Å². The molecule has 86 valence electrons. The molecule has 0 fully saturated rings. The predicted molar refractivity (Wildman–Crippen MR) is 79.4 cm³/mol. The highest BCUT2D eigenvalue weighted by atomic mass is 79.9. The first kappa shape index (κ1) is 12.8. The molecule has 1 nitrogen and oxygen atoms in total. The Labute approximate surface area is 121 Å². The van der Waals surface area contributed by atoms with Crippen LogP contribution in [-0.4, -0.2) is 0 Å². The average molecular weight is 345 g/mol. The van der Waals surface area contributed by atoms with Crippen molar-refractivity contribution in [2.45, 2.75) is 6.92 Å². The number of hydrogen-bond donors (Lipinski definition) is 0. The zero-order valence-electron chi connectivity index (χ0n) is 8.83. The lowest BCUT2D eigenvalue weighted by atomic mass is 10.2. The summed E-state index contributed by atoms with van der Waals surface area (Å²) in [5, 5.41) is 11.7. The van der Waals surface area contributed by atoms with Crippen molar-refractivity contribution in [3.8, 4) is 6.07 Å². The third-order valence-electron chi connectivity index (χ3n) is 2.17. The van der Waals surface area contributed by atoms with Gasteiger partial charge < -0.3 is 0 Å². The SMILES string of the molecule is Cc1cc(C(Cl)=C(C#N)c2cccs2)sc1Br. The minimum Gasteiger partial charge on any atom is -0.192 e. The molecule has 2 rings (SSSR count). The van der Waals surface area contributed by atoms with Gasteiger partial charge in [0.25, 0.3) is 0 Å². The zero-order valence-corrected chi connectivity index (χ0v) is 12.8. The Morgan fingerprint density at radius 1 is 1.47 bits per heavy atom. The van der Waals surface area contributed by atoms with Gasteiger partial charge in [-0.3, -0.25) is 0 Å². The lowest BCUT2D eigenvalue weighted by Crippen LogP contribution is -1.79. The van der Waals surface area contributed by atoms with Crippen molar-refractivity contribution in [1.29, 1.82) is 5.26 Å². The molecular weight excluding hydrogens is 338 g/mol.